The SMILES string of the molecule is C=C[C@@H]1C[C@@H](O[Si](C(C)C)(C(C)C)C(C)C)C[C@H]1[C@@H](O[Si](c1ccccc1)(c1ccccc1)C(C)(C)C)C(=O)O. The van der Waals surface area contributed by atoms with Crippen LogP contribution in [0.5, 0.6) is 0 Å². The lowest BCUT2D eigenvalue weighted by atomic mass is 9.91. The molecule has 6 heteroatoms. The molecule has 0 saturated heterocycles. The standard InChI is InChI=1S/C34H52O4Si2/c1-11-27-22-28(37-39(24(2)3,25(4)5)26(6)7)23-31(27)32(33(35)36)38-40(34(8,9)10,29-18-14-12-15-19-29)30-20-16-13-17-21-30/h11-21,24-28,31-32H,1,22-23H2,2-10H3,(H,35,36)/t27-,28-,31-,32-/m1/s1. The molecule has 3 rings (SSSR count). The van der Waals surface area contributed by atoms with Crippen LogP contribution in [-0.4, -0.2) is 39.9 Å². The Hall–Kier alpha value is -2.00. The number of allylic oxidation sites excluding steroid dienone is 1. The molecule has 0 aromatic heterocycles. The molecule has 0 heterocycles. The van der Waals surface area contributed by atoms with E-state index in [1.807, 2.05) is 42.5 Å². The Balaban J connectivity index is 2.09. The molecule has 1 N–H and O–H groups in total. The van der Waals surface area contributed by atoms with Crippen LogP contribution in [0.15, 0.2) is 73.3 Å². The summed E-state index contributed by atoms with van der Waals surface area (Å²) in [5.74, 6) is -1.09. The fourth-order valence-electron chi connectivity index (χ4n) is 7.67. The second-order valence-electron chi connectivity index (χ2n) is 13.6. The average molecular weight is 581 g/mol. The third-order valence-electron chi connectivity index (χ3n) is 9.35. The quantitative estimate of drug-likeness (QED) is 0.206. The molecule has 2 aromatic carbocycles. The normalized spacial score (nSPS) is 21.2. The predicted molar refractivity (Wildman–Crippen MR) is 172 cm³/mol. The highest BCUT2D eigenvalue weighted by molar-refractivity contribution is 6.99. The van der Waals surface area contributed by atoms with E-state index in [4.69, 9.17) is 8.85 Å². The van der Waals surface area contributed by atoms with Gasteiger partial charge < -0.3 is 14.0 Å². The first kappa shape index (κ1) is 32.5. The number of hydrogen-bond donors (Lipinski definition) is 1. The highest BCUT2D eigenvalue weighted by Crippen LogP contribution is 2.48. The zero-order valence-corrected chi connectivity index (χ0v) is 28.2. The van der Waals surface area contributed by atoms with Crippen LogP contribution >= 0.6 is 0 Å². The van der Waals surface area contributed by atoms with Crippen molar-refractivity contribution < 1.29 is 18.8 Å². The highest BCUT2D eigenvalue weighted by atomic mass is 28.4. The van der Waals surface area contributed by atoms with Crippen molar-refractivity contribution in [3.05, 3.63) is 73.3 Å². The van der Waals surface area contributed by atoms with Gasteiger partial charge in [-0.25, -0.2) is 4.79 Å². The number of rotatable bonds is 12. The van der Waals surface area contributed by atoms with Crippen molar-refractivity contribution in [1.82, 2.24) is 0 Å². The molecule has 0 spiro atoms. The molecule has 0 aliphatic heterocycles. The molecular formula is C34H52O4Si2. The Morgan fingerprint density at radius 3 is 1.68 bits per heavy atom. The fraction of sp³-hybridized carbons (Fsp3) is 0.559. The minimum Gasteiger partial charge on any atom is -0.479 e. The average Bonchev–Trinajstić information content (AvgIpc) is 3.29. The van der Waals surface area contributed by atoms with Gasteiger partial charge in [0.2, 0.25) is 8.32 Å². The van der Waals surface area contributed by atoms with Crippen molar-refractivity contribution in [3.63, 3.8) is 0 Å². The molecule has 1 aliphatic carbocycles. The molecule has 2 aromatic rings. The van der Waals surface area contributed by atoms with Gasteiger partial charge in [0.05, 0.1) is 0 Å². The Labute approximate surface area is 245 Å². The van der Waals surface area contributed by atoms with E-state index in [-0.39, 0.29) is 23.0 Å². The van der Waals surface area contributed by atoms with Gasteiger partial charge in [-0.1, -0.05) is 129 Å². The maximum atomic E-state index is 13.2. The van der Waals surface area contributed by atoms with Crippen LogP contribution in [0.2, 0.25) is 21.7 Å². The van der Waals surface area contributed by atoms with Crippen molar-refractivity contribution in [3.8, 4) is 0 Å². The van der Waals surface area contributed by atoms with E-state index < -0.39 is 28.7 Å². The third-order valence-corrected chi connectivity index (χ3v) is 20.5. The maximum absolute atomic E-state index is 13.2. The molecular weight excluding hydrogens is 529 g/mol. The van der Waals surface area contributed by atoms with Crippen molar-refractivity contribution in [2.24, 2.45) is 11.8 Å². The van der Waals surface area contributed by atoms with Gasteiger partial charge in [-0.15, -0.1) is 6.58 Å². The minimum atomic E-state index is -3.05. The summed E-state index contributed by atoms with van der Waals surface area (Å²) in [6, 6.07) is 20.6. The zero-order chi connectivity index (χ0) is 29.9. The van der Waals surface area contributed by atoms with Crippen LogP contribution in [0, 0.1) is 11.8 Å². The number of carboxylic acid groups (broad SMARTS) is 1. The molecule has 0 unspecified atom stereocenters. The summed E-state index contributed by atoms with van der Waals surface area (Å²) in [6.07, 6.45) is 2.46. The van der Waals surface area contributed by atoms with Crippen LogP contribution in [0.25, 0.3) is 0 Å². The van der Waals surface area contributed by atoms with E-state index in [0.717, 1.165) is 16.8 Å². The minimum absolute atomic E-state index is 0.0106. The number of carboxylic acids is 1. The van der Waals surface area contributed by atoms with Crippen molar-refractivity contribution in [2.75, 3.05) is 0 Å². The molecule has 1 saturated carbocycles. The summed E-state index contributed by atoms with van der Waals surface area (Å²) in [7, 11) is -5.18. The first-order valence-corrected chi connectivity index (χ1v) is 19.1. The van der Waals surface area contributed by atoms with E-state index in [2.05, 4.69) is 93.2 Å². The molecule has 40 heavy (non-hydrogen) atoms. The number of aliphatic carboxylic acids is 1. The van der Waals surface area contributed by atoms with E-state index >= 15 is 0 Å². The molecule has 0 radical (unpaired) electrons. The van der Waals surface area contributed by atoms with Crippen molar-refractivity contribution in [2.45, 2.75) is 109 Å². The van der Waals surface area contributed by atoms with Gasteiger partial charge in [0.1, 0.15) is 6.10 Å². The number of hydrogen-bond acceptors (Lipinski definition) is 3. The topological polar surface area (TPSA) is 55.8 Å². The van der Waals surface area contributed by atoms with Gasteiger partial charge in [0.25, 0.3) is 8.32 Å². The molecule has 0 bridgehead atoms. The molecule has 220 valence electrons. The van der Waals surface area contributed by atoms with Crippen molar-refractivity contribution in [1.29, 1.82) is 0 Å². The van der Waals surface area contributed by atoms with E-state index in [9.17, 15) is 9.90 Å². The molecule has 0 amide bonds. The second kappa shape index (κ2) is 12.9. The largest absolute Gasteiger partial charge is 0.479 e. The maximum Gasteiger partial charge on any atom is 0.331 e. The summed E-state index contributed by atoms with van der Waals surface area (Å²) < 4.78 is 14.4. The second-order valence-corrected chi connectivity index (χ2v) is 23.3. The van der Waals surface area contributed by atoms with E-state index in [1.165, 1.54) is 0 Å². The van der Waals surface area contributed by atoms with Crippen LogP contribution < -0.4 is 10.4 Å². The van der Waals surface area contributed by atoms with Gasteiger partial charge in [0.15, 0.2) is 0 Å². The van der Waals surface area contributed by atoms with Gasteiger partial charge in [-0.05, 0) is 50.8 Å². The van der Waals surface area contributed by atoms with E-state index in [1.54, 1.807) is 0 Å². The molecule has 4 nitrogen and oxygen atoms in total. The Morgan fingerprint density at radius 2 is 1.32 bits per heavy atom. The van der Waals surface area contributed by atoms with Gasteiger partial charge in [-0.3, -0.25) is 0 Å². The zero-order valence-electron chi connectivity index (χ0n) is 26.2. The van der Waals surface area contributed by atoms with Crippen LogP contribution in [-0.2, 0) is 13.6 Å². The fourth-order valence-corrected chi connectivity index (χ4v) is 17.9. The highest BCUT2D eigenvalue weighted by Gasteiger charge is 2.56. The first-order valence-electron chi connectivity index (χ1n) is 15.0. The summed E-state index contributed by atoms with van der Waals surface area (Å²) in [4.78, 5) is 13.2. The molecule has 1 aliphatic rings. The smallest absolute Gasteiger partial charge is 0.331 e. The summed E-state index contributed by atoms with van der Waals surface area (Å²) in [6.45, 7) is 24.5. The van der Waals surface area contributed by atoms with Gasteiger partial charge >= 0.3 is 5.97 Å². The van der Waals surface area contributed by atoms with Gasteiger partial charge in [-0.2, -0.15) is 0 Å². The predicted octanol–water partition coefficient (Wildman–Crippen LogP) is 7.79. The van der Waals surface area contributed by atoms with Crippen LogP contribution in [0.1, 0.15) is 75.2 Å². The monoisotopic (exact) mass is 580 g/mol. The van der Waals surface area contributed by atoms with Gasteiger partial charge in [0, 0.05) is 12.0 Å². The lowest BCUT2D eigenvalue weighted by Crippen LogP contribution is -2.69. The molecule has 1 fully saturated rings. The molecule has 4 atom stereocenters. The van der Waals surface area contributed by atoms with E-state index in [0.29, 0.717) is 23.0 Å². The first-order chi connectivity index (χ1) is 18.7. The van der Waals surface area contributed by atoms with Crippen LogP contribution in [0.4, 0.5) is 0 Å². The Morgan fingerprint density at radius 1 is 0.875 bits per heavy atom. The Bertz CT molecular complexity index is 1050. The summed E-state index contributed by atoms with van der Waals surface area (Å²) in [5.41, 5.74) is 1.41. The lowest BCUT2D eigenvalue weighted by Gasteiger charge is -2.46. The van der Waals surface area contributed by atoms with Crippen molar-refractivity contribution >= 4 is 33.0 Å². The van der Waals surface area contributed by atoms with Crippen LogP contribution in [0.3, 0.4) is 0 Å². The third kappa shape index (κ3) is 6.11. The lowest BCUT2D eigenvalue weighted by molar-refractivity contribution is -0.148. The summed E-state index contributed by atoms with van der Waals surface area (Å²) >= 11 is 0. The number of carbonyl (C=O) groups is 1. The Kier molecular flexibility index (Phi) is 10.5. The number of benzene rings is 2. The summed E-state index contributed by atoms with van der Waals surface area (Å²) in [5, 5.41) is 12.7.